The Hall–Kier alpha value is -2.54. The molecule has 0 spiro atoms. The van der Waals surface area contributed by atoms with Gasteiger partial charge >= 0.3 is 6.18 Å². The number of benzene rings is 2. The van der Waals surface area contributed by atoms with E-state index in [-0.39, 0.29) is 24.2 Å². The first kappa shape index (κ1) is 21.2. The third-order valence-corrected chi connectivity index (χ3v) is 5.25. The summed E-state index contributed by atoms with van der Waals surface area (Å²) in [6.07, 6.45) is -2.67. The van der Waals surface area contributed by atoms with Gasteiger partial charge in [-0.05, 0) is 49.1 Å². The van der Waals surface area contributed by atoms with Crippen LogP contribution in [0.15, 0.2) is 48.5 Å². The number of piperidine rings is 1. The van der Waals surface area contributed by atoms with E-state index in [0.29, 0.717) is 0 Å². The molecule has 4 nitrogen and oxygen atoms in total. The lowest BCUT2D eigenvalue weighted by atomic mass is 10.0. The highest BCUT2D eigenvalue weighted by atomic mass is 19.4. The first-order valence-electron chi connectivity index (χ1n) is 9.78. The maximum Gasteiger partial charge on any atom is 0.416 e. The number of aryl methyl sites for hydroxylation is 1. The normalized spacial score (nSPS) is 15.9. The second-order valence-electron chi connectivity index (χ2n) is 7.48. The highest BCUT2D eigenvalue weighted by Crippen LogP contribution is 2.30. The molecule has 1 saturated heterocycles. The topological polar surface area (TPSA) is 44.4 Å². The maximum atomic E-state index is 12.8. The zero-order valence-corrected chi connectivity index (χ0v) is 16.4. The number of carbonyl (C=O) groups is 1. The summed E-state index contributed by atoms with van der Waals surface area (Å²) in [5, 5.41) is 5.75. The summed E-state index contributed by atoms with van der Waals surface area (Å²) in [6.45, 7) is 4.77. The van der Waals surface area contributed by atoms with Crippen LogP contribution in [0.25, 0.3) is 0 Å². The molecule has 1 heterocycles. The van der Waals surface area contributed by atoms with Crippen LogP contribution in [0.3, 0.4) is 0 Å². The van der Waals surface area contributed by atoms with Gasteiger partial charge in [-0.1, -0.05) is 30.3 Å². The zero-order valence-electron chi connectivity index (χ0n) is 16.4. The minimum Gasteiger partial charge on any atom is -0.376 e. The predicted molar refractivity (Wildman–Crippen MR) is 108 cm³/mol. The third-order valence-electron chi connectivity index (χ3n) is 5.25. The van der Waals surface area contributed by atoms with Gasteiger partial charge in [0.25, 0.3) is 0 Å². The Morgan fingerprint density at radius 2 is 1.83 bits per heavy atom. The molecule has 1 amide bonds. The highest BCUT2D eigenvalue weighted by Gasteiger charge is 2.30. The first-order valence-corrected chi connectivity index (χ1v) is 9.78. The summed E-state index contributed by atoms with van der Waals surface area (Å²) in [4.78, 5) is 14.6. The maximum absolute atomic E-state index is 12.8. The molecule has 0 aromatic heterocycles. The van der Waals surface area contributed by atoms with Crippen LogP contribution in [0.5, 0.6) is 0 Å². The lowest BCUT2D eigenvalue weighted by Crippen LogP contribution is -2.45. The molecule has 0 saturated carbocycles. The lowest BCUT2D eigenvalue weighted by Gasteiger charge is -2.32. The quantitative estimate of drug-likeness (QED) is 0.757. The van der Waals surface area contributed by atoms with E-state index in [4.69, 9.17) is 0 Å². The fourth-order valence-electron chi connectivity index (χ4n) is 3.53. The van der Waals surface area contributed by atoms with Gasteiger partial charge in [0.1, 0.15) is 0 Å². The van der Waals surface area contributed by atoms with Crippen molar-refractivity contribution in [3.8, 4) is 0 Å². The van der Waals surface area contributed by atoms with Crippen molar-refractivity contribution in [1.29, 1.82) is 0 Å². The molecular formula is C22H26F3N3O. The van der Waals surface area contributed by atoms with Crippen LogP contribution >= 0.6 is 0 Å². The summed E-state index contributed by atoms with van der Waals surface area (Å²) < 4.78 is 38.3. The average Bonchev–Trinajstić information content (AvgIpc) is 2.69. The number of hydrogen-bond acceptors (Lipinski definition) is 3. The van der Waals surface area contributed by atoms with Crippen LogP contribution in [-0.4, -0.2) is 36.5 Å². The summed E-state index contributed by atoms with van der Waals surface area (Å²) in [7, 11) is 0. The predicted octanol–water partition coefficient (Wildman–Crippen LogP) is 4.21. The van der Waals surface area contributed by atoms with Gasteiger partial charge in [-0.15, -0.1) is 0 Å². The number of hydrogen-bond donors (Lipinski definition) is 2. The average molecular weight is 405 g/mol. The van der Waals surface area contributed by atoms with E-state index in [2.05, 4.69) is 34.6 Å². The van der Waals surface area contributed by atoms with Crippen molar-refractivity contribution in [1.82, 2.24) is 10.2 Å². The smallest absolute Gasteiger partial charge is 0.376 e. The minimum absolute atomic E-state index is 0.0509. The SMILES string of the molecule is Cc1ccccc1CN1CCC(NC(=O)CNc2cccc(C(F)(F)F)c2)CC1. The van der Waals surface area contributed by atoms with Gasteiger partial charge in [-0.25, -0.2) is 0 Å². The van der Waals surface area contributed by atoms with Gasteiger partial charge in [0.05, 0.1) is 12.1 Å². The number of likely N-dealkylation sites (tertiary alicyclic amines) is 1. The summed E-state index contributed by atoms with van der Waals surface area (Å²) in [5.74, 6) is -0.209. The van der Waals surface area contributed by atoms with Gasteiger partial charge in [-0.3, -0.25) is 9.69 Å². The number of nitrogens with zero attached hydrogens (tertiary/aromatic N) is 1. The molecule has 0 unspecified atom stereocenters. The standard InChI is InChI=1S/C22H26F3N3O/c1-16-5-2-3-6-17(16)15-28-11-9-19(10-12-28)27-21(29)14-26-20-8-4-7-18(13-20)22(23,24)25/h2-8,13,19,26H,9-12,14-15H2,1H3,(H,27,29). The Bertz CT molecular complexity index is 830. The summed E-state index contributed by atoms with van der Waals surface area (Å²) in [6, 6.07) is 13.3. The Labute approximate surface area is 169 Å². The largest absolute Gasteiger partial charge is 0.416 e. The molecule has 2 aromatic carbocycles. The van der Waals surface area contributed by atoms with E-state index in [1.54, 1.807) is 0 Å². The summed E-state index contributed by atoms with van der Waals surface area (Å²) in [5.41, 5.74) is 2.15. The van der Waals surface area contributed by atoms with Crippen molar-refractivity contribution in [2.45, 2.75) is 38.5 Å². The molecule has 1 aliphatic rings. The Kier molecular flexibility index (Phi) is 6.79. The monoisotopic (exact) mass is 405 g/mol. The van der Waals surface area contributed by atoms with Crippen LogP contribution in [0.2, 0.25) is 0 Å². The van der Waals surface area contributed by atoms with Crippen LogP contribution < -0.4 is 10.6 Å². The fraction of sp³-hybridized carbons (Fsp3) is 0.409. The van der Waals surface area contributed by atoms with Crippen molar-refractivity contribution in [2.75, 3.05) is 25.0 Å². The number of alkyl halides is 3. The Balaban J connectivity index is 1.41. The van der Waals surface area contributed by atoms with Gasteiger partial charge in [0.2, 0.25) is 5.91 Å². The highest BCUT2D eigenvalue weighted by molar-refractivity contribution is 5.81. The van der Waals surface area contributed by atoms with E-state index in [9.17, 15) is 18.0 Å². The minimum atomic E-state index is -4.40. The Morgan fingerprint density at radius 3 is 2.52 bits per heavy atom. The third kappa shape index (κ3) is 6.22. The lowest BCUT2D eigenvalue weighted by molar-refractivity contribution is -0.137. The van der Waals surface area contributed by atoms with Crippen LogP contribution in [0.1, 0.15) is 29.5 Å². The second-order valence-corrected chi connectivity index (χ2v) is 7.48. The number of nitrogens with one attached hydrogen (secondary N) is 2. The van der Waals surface area contributed by atoms with E-state index in [1.165, 1.54) is 23.3 Å². The molecular weight excluding hydrogens is 379 g/mol. The Morgan fingerprint density at radius 1 is 1.10 bits per heavy atom. The molecule has 156 valence electrons. The molecule has 2 aromatic rings. The molecule has 0 radical (unpaired) electrons. The van der Waals surface area contributed by atoms with Gasteiger partial charge in [0, 0.05) is 31.4 Å². The van der Waals surface area contributed by atoms with Crippen molar-refractivity contribution in [3.63, 3.8) is 0 Å². The summed E-state index contributed by atoms with van der Waals surface area (Å²) >= 11 is 0. The first-order chi connectivity index (χ1) is 13.8. The molecule has 3 rings (SSSR count). The van der Waals surface area contributed by atoms with Crippen LogP contribution in [-0.2, 0) is 17.5 Å². The number of halogens is 3. The second kappa shape index (κ2) is 9.31. The number of carbonyl (C=O) groups excluding carboxylic acids is 1. The number of amides is 1. The van der Waals surface area contributed by atoms with Crippen molar-refractivity contribution < 1.29 is 18.0 Å². The number of anilines is 1. The fourth-order valence-corrected chi connectivity index (χ4v) is 3.53. The molecule has 1 aliphatic heterocycles. The molecule has 0 aliphatic carbocycles. The molecule has 29 heavy (non-hydrogen) atoms. The number of rotatable bonds is 6. The van der Waals surface area contributed by atoms with E-state index >= 15 is 0 Å². The van der Waals surface area contributed by atoms with Gasteiger partial charge < -0.3 is 10.6 Å². The molecule has 0 atom stereocenters. The molecule has 0 bridgehead atoms. The van der Waals surface area contributed by atoms with Crippen molar-refractivity contribution in [3.05, 3.63) is 65.2 Å². The van der Waals surface area contributed by atoms with E-state index in [1.807, 2.05) is 12.1 Å². The molecule has 7 heteroatoms. The molecule has 1 fully saturated rings. The van der Waals surface area contributed by atoms with Crippen molar-refractivity contribution >= 4 is 11.6 Å². The van der Waals surface area contributed by atoms with E-state index < -0.39 is 11.7 Å². The van der Waals surface area contributed by atoms with Gasteiger partial charge in [-0.2, -0.15) is 13.2 Å². The van der Waals surface area contributed by atoms with Crippen LogP contribution in [0, 0.1) is 6.92 Å². The van der Waals surface area contributed by atoms with Crippen molar-refractivity contribution in [2.24, 2.45) is 0 Å². The van der Waals surface area contributed by atoms with Crippen LogP contribution in [0.4, 0.5) is 18.9 Å². The van der Waals surface area contributed by atoms with Gasteiger partial charge in [0.15, 0.2) is 0 Å². The molecule has 2 N–H and O–H groups in total. The zero-order chi connectivity index (χ0) is 20.9. The van der Waals surface area contributed by atoms with E-state index in [0.717, 1.165) is 44.6 Å².